The molecule has 226 valence electrons. The fourth-order valence-electron chi connectivity index (χ4n) is 4.52. The number of rotatable bonds is 9. The number of nitrogens with one attached hydrogen (secondary N) is 2. The Morgan fingerprint density at radius 3 is 2.02 bits per heavy atom. The van der Waals surface area contributed by atoms with Gasteiger partial charge in [-0.2, -0.15) is 0 Å². The summed E-state index contributed by atoms with van der Waals surface area (Å²) in [6.45, 7) is 20.7. The molecule has 2 atom stereocenters. The molecule has 0 bridgehead atoms. The molecule has 0 aromatic heterocycles. The quantitative estimate of drug-likeness (QED) is 0.338. The lowest BCUT2D eigenvalue weighted by Crippen LogP contribution is -2.60. The topological polar surface area (TPSA) is 108 Å². The highest BCUT2D eigenvalue weighted by molar-refractivity contribution is 5.93. The van der Waals surface area contributed by atoms with Crippen molar-refractivity contribution in [3.05, 3.63) is 64.7 Å². The molecule has 2 aromatic carbocycles. The Morgan fingerprint density at radius 1 is 0.927 bits per heavy atom. The molecular formula is C33H49N3O5. The summed E-state index contributed by atoms with van der Waals surface area (Å²) in [4.78, 5) is 43.5. The third kappa shape index (κ3) is 9.80. The lowest BCUT2D eigenvalue weighted by atomic mass is 9.88. The first-order valence-electron chi connectivity index (χ1n) is 14.2. The molecule has 0 saturated carbocycles. The molecule has 3 N–H and O–H groups in total. The Bertz CT molecular complexity index is 1220. The van der Waals surface area contributed by atoms with E-state index in [1.54, 1.807) is 37.8 Å². The van der Waals surface area contributed by atoms with Gasteiger partial charge in [0.05, 0.1) is 0 Å². The maximum Gasteiger partial charge on any atom is 0.408 e. The molecule has 0 fully saturated rings. The fourth-order valence-corrected chi connectivity index (χ4v) is 4.52. The Labute approximate surface area is 245 Å². The zero-order chi connectivity index (χ0) is 31.3. The molecule has 8 nitrogen and oxygen atoms in total. The van der Waals surface area contributed by atoms with Gasteiger partial charge < -0.3 is 25.4 Å². The third-order valence-corrected chi connectivity index (χ3v) is 6.85. The smallest absolute Gasteiger partial charge is 0.408 e. The average molecular weight is 568 g/mol. The number of aryl methyl sites for hydroxylation is 2. The number of carbonyl (C=O) groups excluding carboxylic acids is 3. The number of alkyl carbamates (subject to hydrolysis) is 1. The molecular weight excluding hydrogens is 518 g/mol. The van der Waals surface area contributed by atoms with Gasteiger partial charge in [0.15, 0.2) is 0 Å². The second-order valence-corrected chi connectivity index (χ2v) is 13.4. The van der Waals surface area contributed by atoms with Crippen molar-refractivity contribution in [3.8, 4) is 5.75 Å². The number of nitrogens with zero attached hydrogens (tertiary/aromatic N) is 1. The standard InChI is InChI=1S/C33H49N3O5/c1-12-33(10,11)36(27(28(38)35-31(4,5)6)25-19-21(2)13-14-22(25)3)29(39)26(34-30(40)41-32(7,8)9)20-23-15-17-24(37)18-16-23/h13-19,26-27,37H,12,20H2,1-11H3,(H,34,40)(H,35,38). The SMILES string of the molecule is CCC(C)(C)N(C(=O)C(Cc1ccc(O)cc1)NC(=O)OC(C)(C)C)C(C(=O)NC(C)(C)C)c1cc(C)ccc1C. The van der Waals surface area contributed by atoms with Crippen LogP contribution in [0, 0.1) is 13.8 Å². The van der Waals surface area contributed by atoms with E-state index in [4.69, 9.17) is 4.74 Å². The molecule has 2 rings (SSSR count). The van der Waals surface area contributed by atoms with Gasteiger partial charge in [-0.25, -0.2) is 4.79 Å². The largest absolute Gasteiger partial charge is 0.508 e. The summed E-state index contributed by atoms with van der Waals surface area (Å²) in [5.41, 5.74) is 1.22. The molecule has 8 heteroatoms. The second kappa shape index (κ2) is 13.0. The maximum atomic E-state index is 14.7. The van der Waals surface area contributed by atoms with Crippen molar-refractivity contribution in [2.45, 2.75) is 118 Å². The van der Waals surface area contributed by atoms with Crippen molar-refractivity contribution in [2.75, 3.05) is 0 Å². The van der Waals surface area contributed by atoms with E-state index >= 15 is 0 Å². The first-order valence-corrected chi connectivity index (χ1v) is 14.2. The van der Waals surface area contributed by atoms with Gasteiger partial charge in [0.25, 0.3) is 0 Å². The number of hydrogen-bond acceptors (Lipinski definition) is 5. The zero-order valence-electron chi connectivity index (χ0n) is 26.6. The van der Waals surface area contributed by atoms with Crippen LogP contribution in [0.15, 0.2) is 42.5 Å². The summed E-state index contributed by atoms with van der Waals surface area (Å²) in [7, 11) is 0. The third-order valence-electron chi connectivity index (χ3n) is 6.85. The van der Waals surface area contributed by atoms with Crippen LogP contribution in [0.5, 0.6) is 5.75 Å². The van der Waals surface area contributed by atoms with Gasteiger partial charge in [-0.3, -0.25) is 9.59 Å². The van der Waals surface area contributed by atoms with Crippen LogP contribution in [-0.4, -0.2) is 50.6 Å². The van der Waals surface area contributed by atoms with Crippen LogP contribution >= 0.6 is 0 Å². The Balaban J connectivity index is 2.74. The van der Waals surface area contributed by atoms with Gasteiger partial charge in [0, 0.05) is 17.5 Å². The van der Waals surface area contributed by atoms with E-state index in [0.29, 0.717) is 6.42 Å². The number of ether oxygens (including phenoxy) is 1. The number of aromatic hydroxyl groups is 1. The highest BCUT2D eigenvalue weighted by Gasteiger charge is 2.44. The average Bonchev–Trinajstić information content (AvgIpc) is 2.82. The van der Waals surface area contributed by atoms with Crippen LogP contribution in [0.2, 0.25) is 0 Å². The van der Waals surface area contributed by atoms with Crippen molar-refractivity contribution < 1.29 is 24.2 Å². The van der Waals surface area contributed by atoms with Crippen LogP contribution < -0.4 is 10.6 Å². The number of carbonyl (C=O) groups is 3. The minimum absolute atomic E-state index is 0.0966. The van der Waals surface area contributed by atoms with E-state index in [2.05, 4.69) is 10.6 Å². The van der Waals surface area contributed by atoms with Crippen LogP contribution in [0.25, 0.3) is 0 Å². The highest BCUT2D eigenvalue weighted by Crippen LogP contribution is 2.35. The number of amides is 3. The zero-order valence-corrected chi connectivity index (χ0v) is 26.6. The highest BCUT2D eigenvalue weighted by atomic mass is 16.6. The molecule has 0 saturated heterocycles. The molecule has 0 aliphatic rings. The summed E-state index contributed by atoms with van der Waals surface area (Å²) in [6.07, 6.45) is -0.0395. The summed E-state index contributed by atoms with van der Waals surface area (Å²) in [5.74, 6) is -0.619. The molecule has 0 spiro atoms. The van der Waals surface area contributed by atoms with Gasteiger partial charge in [-0.15, -0.1) is 0 Å². The molecule has 0 heterocycles. The summed E-state index contributed by atoms with van der Waals surface area (Å²) in [6, 6.07) is 10.4. The van der Waals surface area contributed by atoms with Crippen molar-refractivity contribution in [2.24, 2.45) is 0 Å². The summed E-state index contributed by atoms with van der Waals surface area (Å²) < 4.78 is 5.52. The van der Waals surface area contributed by atoms with Crippen molar-refractivity contribution >= 4 is 17.9 Å². The van der Waals surface area contributed by atoms with Gasteiger partial charge >= 0.3 is 6.09 Å². The summed E-state index contributed by atoms with van der Waals surface area (Å²) >= 11 is 0. The van der Waals surface area contributed by atoms with Gasteiger partial charge in [0.2, 0.25) is 11.8 Å². The van der Waals surface area contributed by atoms with E-state index in [9.17, 15) is 19.5 Å². The molecule has 41 heavy (non-hydrogen) atoms. The van der Waals surface area contributed by atoms with Crippen LogP contribution in [0.1, 0.15) is 97.0 Å². The molecule has 2 aromatic rings. The van der Waals surface area contributed by atoms with E-state index in [-0.39, 0.29) is 18.1 Å². The molecule has 0 aliphatic carbocycles. The number of hydrogen-bond donors (Lipinski definition) is 3. The lowest BCUT2D eigenvalue weighted by Gasteiger charge is -2.45. The molecule has 0 radical (unpaired) electrons. The normalized spacial score (nSPS) is 13.6. The summed E-state index contributed by atoms with van der Waals surface area (Å²) in [5, 5.41) is 15.7. The first kappa shape index (κ1) is 33.7. The van der Waals surface area contributed by atoms with Gasteiger partial charge in [-0.05, 0) is 104 Å². The predicted octanol–water partition coefficient (Wildman–Crippen LogP) is 6.12. The van der Waals surface area contributed by atoms with E-state index in [1.807, 2.05) is 73.6 Å². The van der Waals surface area contributed by atoms with Crippen molar-refractivity contribution in [1.29, 1.82) is 0 Å². The predicted molar refractivity (Wildman–Crippen MR) is 163 cm³/mol. The van der Waals surface area contributed by atoms with Gasteiger partial charge in [-0.1, -0.05) is 42.8 Å². The Morgan fingerprint density at radius 2 is 1.51 bits per heavy atom. The monoisotopic (exact) mass is 567 g/mol. The first-order chi connectivity index (χ1) is 18.7. The fraction of sp³-hybridized carbons (Fsp3) is 0.545. The van der Waals surface area contributed by atoms with E-state index < -0.39 is 40.8 Å². The van der Waals surface area contributed by atoms with Crippen molar-refractivity contribution in [1.82, 2.24) is 15.5 Å². The molecule has 2 unspecified atom stereocenters. The molecule has 0 aliphatic heterocycles. The number of phenols is 1. The maximum absolute atomic E-state index is 14.7. The minimum atomic E-state index is -1.05. The van der Waals surface area contributed by atoms with Crippen molar-refractivity contribution in [3.63, 3.8) is 0 Å². The number of benzene rings is 2. The van der Waals surface area contributed by atoms with Crippen LogP contribution in [0.3, 0.4) is 0 Å². The van der Waals surface area contributed by atoms with E-state index in [1.165, 1.54) is 12.1 Å². The molecule has 3 amide bonds. The Hall–Kier alpha value is -3.55. The second-order valence-electron chi connectivity index (χ2n) is 13.4. The van der Waals surface area contributed by atoms with E-state index in [0.717, 1.165) is 22.3 Å². The van der Waals surface area contributed by atoms with Crippen LogP contribution in [-0.2, 0) is 20.7 Å². The lowest BCUT2D eigenvalue weighted by molar-refractivity contribution is -0.149. The minimum Gasteiger partial charge on any atom is -0.508 e. The Kier molecular flexibility index (Phi) is 10.6. The van der Waals surface area contributed by atoms with Gasteiger partial charge in [0.1, 0.15) is 23.4 Å². The number of phenolic OH excluding ortho intramolecular Hbond substituents is 1. The van der Waals surface area contributed by atoms with Crippen LogP contribution in [0.4, 0.5) is 4.79 Å².